The van der Waals surface area contributed by atoms with E-state index in [9.17, 15) is 0 Å². The SMILES string of the molecule is CC(/C=C/N1CCCCC1)=C\Sc1ccccc1. The van der Waals surface area contributed by atoms with Crippen molar-refractivity contribution in [3.05, 3.63) is 53.6 Å². The van der Waals surface area contributed by atoms with Gasteiger partial charge in [0.25, 0.3) is 0 Å². The van der Waals surface area contributed by atoms with Gasteiger partial charge in [-0.25, -0.2) is 0 Å². The van der Waals surface area contributed by atoms with E-state index < -0.39 is 0 Å². The molecule has 0 N–H and O–H groups in total. The van der Waals surface area contributed by atoms with Crippen LogP contribution >= 0.6 is 11.8 Å². The Morgan fingerprint density at radius 3 is 2.56 bits per heavy atom. The number of piperidine rings is 1. The summed E-state index contributed by atoms with van der Waals surface area (Å²) in [6.07, 6.45) is 8.54. The van der Waals surface area contributed by atoms with Crippen molar-refractivity contribution in [3.8, 4) is 0 Å². The second-order valence-corrected chi connectivity index (χ2v) is 5.65. The third-order valence-corrected chi connectivity index (χ3v) is 4.10. The summed E-state index contributed by atoms with van der Waals surface area (Å²) < 4.78 is 0. The van der Waals surface area contributed by atoms with Crippen molar-refractivity contribution in [2.75, 3.05) is 13.1 Å². The highest BCUT2D eigenvalue weighted by Gasteiger charge is 2.04. The molecular weight excluding hydrogens is 238 g/mol. The summed E-state index contributed by atoms with van der Waals surface area (Å²) in [6.45, 7) is 4.60. The van der Waals surface area contributed by atoms with Crippen molar-refractivity contribution in [2.45, 2.75) is 31.1 Å². The molecule has 0 aromatic heterocycles. The monoisotopic (exact) mass is 259 g/mol. The summed E-state index contributed by atoms with van der Waals surface area (Å²) in [4.78, 5) is 3.72. The summed E-state index contributed by atoms with van der Waals surface area (Å²) in [5, 5.41) is 2.22. The lowest BCUT2D eigenvalue weighted by molar-refractivity contribution is 0.309. The van der Waals surface area contributed by atoms with Crippen molar-refractivity contribution in [1.29, 1.82) is 0 Å². The molecule has 2 heteroatoms. The van der Waals surface area contributed by atoms with Crippen LogP contribution in [-0.4, -0.2) is 18.0 Å². The van der Waals surface area contributed by atoms with Gasteiger partial charge in [-0.1, -0.05) is 30.0 Å². The summed E-state index contributed by atoms with van der Waals surface area (Å²) in [5.74, 6) is 0. The van der Waals surface area contributed by atoms with Crippen LogP contribution in [0.15, 0.2) is 58.5 Å². The molecular formula is C16H21NS. The number of allylic oxidation sites excluding steroid dienone is 2. The van der Waals surface area contributed by atoms with Crippen molar-refractivity contribution in [1.82, 2.24) is 4.90 Å². The Balaban J connectivity index is 1.83. The van der Waals surface area contributed by atoms with E-state index in [1.54, 1.807) is 11.8 Å². The van der Waals surface area contributed by atoms with Gasteiger partial charge in [0.2, 0.25) is 0 Å². The molecule has 1 aromatic carbocycles. The van der Waals surface area contributed by atoms with E-state index >= 15 is 0 Å². The van der Waals surface area contributed by atoms with E-state index in [1.165, 1.54) is 42.8 Å². The van der Waals surface area contributed by atoms with E-state index in [2.05, 4.69) is 59.8 Å². The molecule has 0 atom stereocenters. The van der Waals surface area contributed by atoms with Crippen molar-refractivity contribution in [2.24, 2.45) is 0 Å². The standard InChI is InChI=1S/C16H21NS/c1-15(10-13-17-11-6-3-7-12-17)14-18-16-8-4-2-5-9-16/h2,4-5,8-10,13-14H,3,6-7,11-12H2,1H3/b13-10+,15-14+. The summed E-state index contributed by atoms with van der Waals surface area (Å²) in [5.41, 5.74) is 1.31. The molecule has 1 aliphatic heterocycles. The maximum Gasteiger partial charge on any atom is 0.0172 e. The fraction of sp³-hybridized carbons (Fsp3) is 0.375. The van der Waals surface area contributed by atoms with E-state index in [0.717, 1.165) is 0 Å². The fourth-order valence-corrected chi connectivity index (χ4v) is 2.70. The molecule has 1 saturated heterocycles. The average Bonchev–Trinajstić information content (AvgIpc) is 2.45. The van der Waals surface area contributed by atoms with Gasteiger partial charge in [-0.15, -0.1) is 0 Å². The Hall–Kier alpha value is -1.15. The molecule has 1 heterocycles. The molecule has 1 aromatic rings. The molecule has 0 radical (unpaired) electrons. The van der Waals surface area contributed by atoms with E-state index in [4.69, 9.17) is 0 Å². The van der Waals surface area contributed by atoms with Gasteiger partial charge in [0.1, 0.15) is 0 Å². The number of likely N-dealkylation sites (tertiary alicyclic amines) is 1. The van der Waals surface area contributed by atoms with Gasteiger partial charge in [-0.3, -0.25) is 0 Å². The van der Waals surface area contributed by atoms with Gasteiger partial charge >= 0.3 is 0 Å². The van der Waals surface area contributed by atoms with E-state index in [-0.39, 0.29) is 0 Å². The third-order valence-electron chi connectivity index (χ3n) is 3.06. The Morgan fingerprint density at radius 1 is 1.11 bits per heavy atom. The molecule has 0 bridgehead atoms. The number of rotatable bonds is 4. The Labute approximate surface area is 115 Å². The number of nitrogens with zero attached hydrogens (tertiary/aromatic N) is 1. The third kappa shape index (κ3) is 4.61. The van der Waals surface area contributed by atoms with Crippen LogP contribution < -0.4 is 0 Å². The lowest BCUT2D eigenvalue weighted by Crippen LogP contribution is -2.24. The minimum absolute atomic E-state index is 1.22. The largest absolute Gasteiger partial charge is 0.377 e. The van der Waals surface area contributed by atoms with Crippen molar-refractivity contribution >= 4 is 11.8 Å². The molecule has 0 spiro atoms. The summed E-state index contributed by atoms with van der Waals surface area (Å²) >= 11 is 1.78. The number of hydrogen-bond acceptors (Lipinski definition) is 2. The summed E-state index contributed by atoms with van der Waals surface area (Å²) in [7, 11) is 0. The second-order valence-electron chi connectivity index (χ2n) is 4.71. The van der Waals surface area contributed by atoms with E-state index in [0.29, 0.717) is 0 Å². The van der Waals surface area contributed by atoms with Crippen LogP contribution in [0.2, 0.25) is 0 Å². The Morgan fingerprint density at radius 2 is 1.83 bits per heavy atom. The zero-order valence-corrected chi connectivity index (χ0v) is 11.8. The van der Waals surface area contributed by atoms with E-state index in [1.807, 2.05) is 0 Å². The molecule has 0 saturated carbocycles. The lowest BCUT2D eigenvalue weighted by Gasteiger charge is -2.24. The molecule has 0 amide bonds. The first-order valence-corrected chi connectivity index (χ1v) is 7.53. The Bertz CT molecular complexity index is 402. The maximum atomic E-state index is 2.42. The zero-order valence-electron chi connectivity index (χ0n) is 11.0. The first-order chi connectivity index (χ1) is 8.84. The minimum Gasteiger partial charge on any atom is -0.377 e. The summed E-state index contributed by atoms with van der Waals surface area (Å²) in [6, 6.07) is 10.5. The van der Waals surface area contributed by atoms with Gasteiger partial charge in [-0.2, -0.15) is 0 Å². The van der Waals surface area contributed by atoms with Gasteiger partial charge in [-0.05, 0) is 61.6 Å². The minimum atomic E-state index is 1.22. The normalized spacial score (nSPS) is 17.4. The first kappa shape index (κ1) is 13.3. The van der Waals surface area contributed by atoms with Gasteiger partial charge in [0.05, 0.1) is 0 Å². The topological polar surface area (TPSA) is 3.24 Å². The van der Waals surface area contributed by atoms with Gasteiger partial charge in [0, 0.05) is 18.0 Å². The van der Waals surface area contributed by atoms with Crippen molar-refractivity contribution in [3.63, 3.8) is 0 Å². The molecule has 1 aliphatic rings. The fourth-order valence-electron chi connectivity index (χ4n) is 1.99. The average molecular weight is 259 g/mol. The highest BCUT2D eigenvalue weighted by molar-refractivity contribution is 8.02. The predicted octanol–water partition coefficient (Wildman–Crippen LogP) is 4.68. The number of hydrogen-bond donors (Lipinski definition) is 0. The highest BCUT2D eigenvalue weighted by Crippen LogP contribution is 2.20. The lowest BCUT2D eigenvalue weighted by atomic mass is 10.1. The quantitative estimate of drug-likeness (QED) is 0.570. The molecule has 96 valence electrons. The van der Waals surface area contributed by atoms with Crippen LogP contribution in [0, 0.1) is 0 Å². The maximum absolute atomic E-state index is 2.42. The molecule has 2 rings (SSSR count). The molecule has 0 aliphatic carbocycles. The molecule has 1 nitrogen and oxygen atoms in total. The smallest absolute Gasteiger partial charge is 0.0172 e. The second kappa shape index (κ2) is 7.32. The van der Waals surface area contributed by atoms with Crippen LogP contribution in [0.4, 0.5) is 0 Å². The Kier molecular flexibility index (Phi) is 5.40. The zero-order chi connectivity index (χ0) is 12.6. The highest BCUT2D eigenvalue weighted by atomic mass is 32.2. The van der Waals surface area contributed by atoms with Gasteiger partial charge in [0.15, 0.2) is 0 Å². The van der Waals surface area contributed by atoms with Crippen LogP contribution in [0.25, 0.3) is 0 Å². The van der Waals surface area contributed by atoms with Crippen LogP contribution in [0.1, 0.15) is 26.2 Å². The molecule has 18 heavy (non-hydrogen) atoms. The first-order valence-electron chi connectivity index (χ1n) is 6.65. The van der Waals surface area contributed by atoms with Crippen LogP contribution in [-0.2, 0) is 0 Å². The molecule has 0 unspecified atom stereocenters. The van der Waals surface area contributed by atoms with Gasteiger partial charge < -0.3 is 4.90 Å². The predicted molar refractivity (Wildman–Crippen MR) is 80.6 cm³/mol. The number of thioether (sulfide) groups is 1. The van der Waals surface area contributed by atoms with Crippen molar-refractivity contribution < 1.29 is 0 Å². The number of benzene rings is 1. The van der Waals surface area contributed by atoms with Crippen LogP contribution in [0.3, 0.4) is 0 Å². The van der Waals surface area contributed by atoms with Crippen LogP contribution in [0.5, 0.6) is 0 Å². The molecule has 1 fully saturated rings.